The van der Waals surface area contributed by atoms with Crippen molar-refractivity contribution < 1.29 is 13.6 Å². The Morgan fingerprint density at radius 3 is 2.04 bits per heavy atom. The van der Waals surface area contributed by atoms with Crippen LogP contribution in [0.1, 0.15) is 18.1 Å². The maximum absolute atomic E-state index is 6.81. The lowest BCUT2D eigenvalue weighted by molar-refractivity contribution is 0.497. The highest BCUT2D eigenvalue weighted by atomic mass is 16.5. The van der Waals surface area contributed by atoms with Gasteiger partial charge in [0.1, 0.15) is 33.8 Å². The lowest BCUT2D eigenvalue weighted by Crippen LogP contribution is -2.10. The number of allylic oxidation sites excluding steroid dienone is 1. The van der Waals surface area contributed by atoms with Crippen molar-refractivity contribution in [1.29, 1.82) is 0 Å². The van der Waals surface area contributed by atoms with Gasteiger partial charge in [0, 0.05) is 56.7 Å². The Morgan fingerprint density at radius 2 is 1.16 bits per heavy atom. The summed E-state index contributed by atoms with van der Waals surface area (Å²) in [5.74, 6) is 1.78. The molecule has 5 nitrogen and oxygen atoms in total. The minimum atomic E-state index is 0.794. The Hall–Kier alpha value is -7.50. The van der Waals surface area contributed by atoms with Crippen LogP contribution in [0.5, 0.6) is 5.75 Å². The lowest BCUT2D eigenvalue weighted by Gasteiger charge is -2.26. The highest BCUT2D eigenvalue weighted by Crippen LogP contribution is 2.48. The topological polar surface area (TPSA) is 43.7 Å². The molecule has 12 rings (SSSR count). The lowest BCUT2D eigenvalue weighted by atomic mass is 9.96. The molecule has 57 heavy (non-hydrogen) atoms. The highest BCUT2D eigenvalue weighted by molar-refractivity contribution is 6.16. The molecule has 0 N–H and O–H groups in total. The van der Waals surface area contributed by atoms with Gasteiger partial charge in [0.05, 0.1) is 27.5 Å². The highest BCUT2D eigenvalue weighted by Gasteiger charge is 2.26. The van der Waals surface area contributed by atoms with Crippen molar-refractivity contribution in [3.05, 3.63) is 193 Å². The molecule has 1 aliphatic heterocycles. The van der Waals surface area contributed by atoms with E-state index >= 15 is 0 Å². The molecule has 0 fully saturated rings. The van der Waals surface area contributed by atoms with E-state index in [0.717, 1.165) is 101 Å². The minimum Gasteiger partial charge on any atom is -0.456 e. The van der Waals surface area contributed by atoms with Crippen LogP contribution in [0.25, 0.3) is 77.1 Å². The van der Waals surface area contributed by atoms with E-state index in [1.54, 1.807) is 0 Å². The summed E-state index contributed by atoms with van der Waals surface area (Å²) in [6, 6.07) is 61.8. The predicted molar refractivity (Wildman–Crippen MR) is 233 cm³/mol. The molecule has 0 saturated heterocycles. The number of hydrogen-bond acceptors (Lipinski definition) is 4. The van der Waals surface area contributed by atoms with Crippen molar-refractivity contribution in [2.45, 2.75) is 13.3 Å². The number of aromatic nitrogens is 1. The van der Waals surface area contributed by atoms with Gasteiger partial charge in [-0.05, 0) is 90.9 Å². The number of furan rings is 2. The molecule has 0 aliphatic carbocycles. The van der Waals surface area contributed by atoms with Gasteiger partial charge in [-0.2, -0.15) is 0 Å². The third-order valence-electron chi connectivity index (χ3n) is 11.5. The van der Waals surface area contributed by atoms with E-state index in [9.17, 15) is 0 Å². The average Bonchev–Trinajstić information content (AvgIpc) is 3.94. The molecule has 0 amide bonds. The molecule has 8 aromatic carbocycles. The van der Waals surface area contributed by atoms with Crippen LogP contribution < -0.4 is 9.64 Å². The number of ether oxygens (including phenoxy) is 1. The average molecular weight is 735 g/mol. The molecular formula is C52H34N2O3. The van der Waals surface area contributed by atoms with E-state index in [1.165, 1.54) is 21.9 Å². The summed E-state index contributed by atoms with van der Waals surface area (Å²) in [6.45, 7) is 2.16. The van der Waals surface area contributed by atoms with Gasteiger partial charge in [-0.1, -0.05) is 97.1 Å². The first-order valence-corrected chi connectivity index (χ1v) is 19.4. The van der Waals surface area contributed by atoms with Gasteiger partial charge in [-0.25, -0.2) is 0 Å². The molecule has 0 radical (unpaired) electrons. The van der Waals surface area contributed by atoms with Crippen LogP contribution in [0.15, 0.2) is 190 Å². The molecule has 0 atom stereocenters. The second-order valence-corrected chi connectivity index (χ2v) is 14.9. The maximum atomic E-state index is 6.81. The molecule has 11 aromatic rings. The SMILES string of the molecule is CC1=C(c2ccccc2)Oc2c(ccc3oc4cc(N(c5ccc6c(c5)c5ccccc5n6-c5ccccc5)c5cccc6oc7ccccc7c56)ccc4c23)C1. The van der Waals surface area contributed by atoms with Crippen molar-refractivity contribution in [1.82, 2.24) is 4.57 Å². The normalized spacial score (nSPS) is 13.0. The molecule has 1 aliphatic rings. The Morgan fingerprint density at radius 1 is 0.491 bits per heavy atom. The van der Waals surface area contributed by atoms with Crippen LogP contribution in [0.3, 0.4) is 0 Å². The standard InChI is InChI=1S/C52H34N2O3/c1-32-29-34-23-28-47-50(52(34)57-51(32)33-13-4-2-5-14-33)40-26-24-37(31-48(40)56-47)53(44-20-12-22-46-49(44)39-18-9-11-21-45(39)55-46)36-25-27-43-41(30-36)38-17-8-10-19-42(38)54(43)35-15-6-3-7-16-35/h2-28,30-31H,29H2,1H3. The third-order valence-corrected chi connectivity index (χ3v) is 11.5. The number of fused-ring (bicyclic) bond motifs is 11. The molecule has 270 valence electrons. The zero-order chi connectivity index (χ0) is 37.6. The second-order valence-electron chi connectivity index (χ2n) is 14.9. The summed E-state index contributed by atoms with van der Waals surface area (Å²) in [5, 5.41) is 6.52. The molecule has 4 heterocycles. The van der Waals surface area contributed by atoms with Crippen LogP contribution in [0, 0.1) is 0 Å². The number of rotatable bonds is 5. The Bertz CT molecular complexity index is 3420. The zero-order valence-corrected chi connectivity index (χ0v) is 31.1. The summed E-state index contributed by atoms with van der Waals surface area (Å²) in [6.07, 6.45) is 0.819. The third kappa shape index (κ3) is 4.82. The fraction of sp³-hybridized carbons (Fsp3) is 0.0385. The van der Waals surface area contributed by atoms with Crippen LogP contribution in [-0.4, -0.2) is 4.57 Å². The van der Waals surface area contributed by atoms with Crippen molar-refractivity contribution in [3.63, 3.8) is 0 Å². The number of benzene rings is 8. The van der Waals surface area contributed by atoms with E-state index < -0.39 is 0 Å². The number of nitrogens with zero attached hydrogens (tertiary/aromatic N) is 2. The quantitative estimate of drug-likeness (QED) is 0.177. The summed E-state index contributed by atoms with van der Waals surface area (Å²) >= 11 is 0. The van der Waals surface area contributed by atoms with Crippen LogP contribution in [-0.2, 0) is 6.42 Å². The van der Waals surface area contributed by atoms with Crippen LogP contribution in [0.2, 0.25) is 0 Å². The fourth-order valence-corrected chi connectivity index (χ4v) is 9.04. The largest absolute Gasteiger partial charge is 0.456 e. The van der Waals surface area contributed by atoms with Gasteiger partial charge in [0.15, 0.2) is 0 Å². The first kappa shape index (κ1) is 31.8. The van der Waals surface area contributed by atoms with Crippen LogP contribution >= 0.6 is 0 Å². The molecular weight excluding hydrogens is 701 g/mol. The van der Waals surface area contributed by atoms with E-state index in [4.69, 9.17) is 13.6 Å². The van der Waals surface area contributed by atoms with Crippen molar-refractivity contribution in [2.24, 2.45) is 0 Å². The van der Waals surface area contributed by atoms with E-state index in [0.29, 0.717) is 0 Å². The summed E-state index contributed by atoms with van der Waals surface area (Å²) in [7, 11) is 0. The Kier molecular flexibility index (Phi) is 6.84. The second kappa shape index (κ2) is 12.3. The maximum Gasteiger partial charge on any atom is 0.142 e. The Balaban J connectivity index is 1.08. The van der Waals surface area contributed by atoms with Crippen molar-refractivity contribution in [3.8, 4) is 11.4 Å². The minimum absolute atomic E-state index is 0.794. The smallest absolute Gasteiger partial charge is 0.142 e. The first-order chi connectivity index (χ1) is 28.2. The summed E-state index contributed by atoms with van der Waals surface area (Å²) in [5.41, 5.74) is 13.2. The zero-order valence-electron chi connectivity index (χ0n) is 31.1. The van der Waals surface area contributed by atoms with Gasteiger partial charge in [0.25, 0.3) is 0 Å². The van der Waals surface area contributed by atoms with Crippen LogP contribution in [0.4, 0.5) is 17.1 Å². The Labute approximate surface area is 327 Å². The molecule has 0 bridgehead atoms. The first-order valence-electron chi connectivity index (χ1n) is 19.4. The summed E-state index contributed by atoms with van der Waals surface area (Å²) in [4.78, 5) is 2.34. The molecule has 0 saturated carbocycles. The van der Waals surface area contributed by atoms with Crippen molar-refractivity contribution in [2.75, 3.05) is 4.90 Å². The van der Waals surface area contributed by atoms with E-state index in [2.05, 4.69) is 174 Å². The van der Waals surface area contributed by atoms with Gasteiger partial charge >= 0.3 is 0 Å². The summed E-state index contributed by atoms with van der Waals surface area (Å²) < 4.78 is 22.3. The monoisotopic (exact) mass is 734 g/mol. The number of anilines is 3. The van der Waals surface area contributed by atoms with E-state index in [-0.39, 0.29) is 0 Å². The van der Waals surface area contributed by atoms with Gasteiger partial charge in [0.2, 0.25) is 0 Å². The molecule has 0 spiro atoms. The number of hydrogen-bond donors (Lipinski definition) is 0. The predicted octanol–water partition coefficient (Wildman–Crippen LogP) is 14.4. The van der Waals surface area contributed by atoms with E-state index in [1.807, 2.05) is 18.2 Å². The molecule has 0 unspecified atom stereocenters. The molecule has 3 aromatic heterocycles. The molecule has 5 heteroatoms. The van der Waals surface area contributed by atoms with Gasteiger partial charge in [-0.15, -0.1) is 0 Å². The van der Waals surface area contributed by atoms with Gasteiger partial charge in [-0.3, -0.25) is 0 Å². The fourth-order valence-electron chi connectivity index (χ4n) is 9.04. The van der Waals surface area contributed by atoms with Crippen molar-refractivity contribution >= 4 is 88.5 Å². The van der Waals surface area contributed by atoms with Gasteiger partial charge < -0.3 is 23.0 Å². The number of para-hydroxylation sites is 3.